The Labute approximate surface area is 113 Å². The summed E-state index contributed by atoms with van der Waals surface area (Å²) < 4.78 is 13.3. The lowest BCUT2D eigenvalue weighted by atomic mass is 10.1. The third kappa shape index (κ3) is 2.37. The van der Waals surface area contributed by atoms with E-state index < -0.39 is 0 Å². The largest absolute Gasteiger partial charge is 0.348 e. The van der Waals surface area contributed by atoms with Crippen LogP contribution in [-0.4, -0.2) is 41.3 Å². The SMILES string of the molecule is CC(CN1CCCC1)N1Cc2ccc(F)cc2C1=N. The normalized spacial score (nSPS) is 20.9. The Morgan fingerprint density at radius 2 is 2.05 bits per heavy atom. The molecule has 3 rings (SSSR count). The molecule has 0 bridgehead atoms. The second kappa shape index (κ2) is 4.93. The Morgan fingerprint density at radius 3 is 2.79 bits per heavy atom. The van der Waals surface area contributed by atoms with Gasteiger partial charge in [-0.2, -0.15) is 0 Å². The first kappa shape index (κ1) is 12.6. The van der Waals surface area contributed by atoms with E-state index in [0.717, 1.165) is 24.2 Å². The summed E-state index contributed by atoms with van der Waals surface area (Å²) in [7, 11) is 0. The lowest BCUT2D eigenvalue weighted by Crippen LogP contribution is -2.41. The topological polar surface area (TPSA) is 30.3 Å². The highest BCUT2D eigenvalue weighted by Gasteiger charge is 2.29. The van der Waals surface area contributed by atoms with Gasteiger partial charge >= 0.3 is 0 Å². The maximum absolute atomic E-state index is 13.3. The number of amidine groups is 1. The molecule has 2 heterocycles. The molecule has 19 heavy (non-hydrogen) atoms. The summed E-state index contributed by atoms with van der Waals surface area (Å²) in [6, 6.07) is 5.09. The first-order chi connectivity index (χ1) is 9.15. The number of rotatable bonds is 3. The van der Waals surface area contributed by atoms with Crippen LogP contribution in [0.5, 0.6) is 0 Å². The molecule has 1 atom stereocenters. The van der Waals surface area contributed by atoms with Crippen molar-refractivity contribution >= 4 is 5.84 Å². The zero-order valence-electron chi connectivity index (χ0n) is 11.3. The second-order valence-corrected chi connectivity index (χ2v) is 5.63. The van der Waals surface area contributed by atoms with Crippen molar-refractivity contribution in [2.45, 2.75) is 32.4 Å². The number of nitrogens with zero attached hydrogens (tertiary/aromatic N) is 2. The van der Waals surface area contributed by atoms with Crippen molar-refractivity contribution in [2.24, 2.45) is 0 Å². The Kier molecular flexibility index (Phi) is 3.27. The van der Waals surface area contributed by atoms with Gasteiger partial charge in [-0.1, -0.05) is 6.07 Å². The summed E-state index contributed by atoms with van der Waals surface area (Å²) in [5, 5.41) is 8.23. The van der Waals surface area contributed by atoms with Crippen molar-refractivity contribution < 1.29 is 4.39 Å². The van der Waals surface area contributed by atoms with Crippen molar-refractivity contribution in [3.05, 3.63) is 35.1 Å². The van der Waals surface area contributed by atoms with Crippen LogP contribution in [0.3, 0.4) is 0 Å². The fourth-order valence-corrected chi connectivity index (χ4v) is 3.14. The number of nitrogens with one attached hydrogen (secondary N) is 1. The molecule has 1 N–H and O–H groups in total. The third-order valence-electron chi connectivity index (χ3n) is 4.21. The molecule has 0 spiro atoms. The summed E-state index contributed by atoms with van der Waals surface area (Å²) >= 11 is 0. The predicted molar refractivity (Wildman–Crippen MR) is 73.9 cm³/mol. The zero-order chi connectivity index (χ0) is 13.4. The van der Waals surface area contributed by atoms with E-state index in [1.807, 2.05) is 6.07 Å². The highest BCUT2D eigenvalue weighted by atomic mass is 19.1. The van der Waals surface area contributed by atoms with E-state index in [1.54, 1.807) is 0 Å². The molecular weight excluding hydrogens is 241 g/mol. The fourth-order valence-electron chi connectivity index (χ4n) is 3.14. The molecule has 1 aromatic rings. The quantitative estimate of drug-likeness (QED) is 0.906. The van der Waals surface area contributed by atoms with Crippen molar-refractivity contribution in [3.8, 4) is 0 Å². The summed E-state index contributed by atoms with van der Waals surface area (Å²) in [5.41, 5.74) is 1.83. The molecule has 0 aliphatic carbocycles. The summed E-state index contributed by atoms with van der Waals surface area (Å²) in [4.78, 5) is 4.55. The van der Waals surface area contributed by atoms with Crippen molar-refractivity contribution in [1.82, 2.24) is 9.80 Å². The number of fused-ring (bicyclic) bond motifs is 1. The smallest absolute Gasteiger partial charge is 0.129 e. The number of likely N-dealkylation sites (tertiary alicyclic amines) is 1. The first-order valence-electron chi connectivity index (χ1n) is 7.01. The van der Waals surface area contributed by atoms with Crippen molar-refractivity contribution in [1.29, 1.82) is 5.41 Å². The van der Waals surface area contributed by atoms with Gasteiger partial charge < -0.3 is 9.80 Å². The van der Waals surface area contributed by atoms with Crippen molar-refractivity contribution in [3.63, 3.8) is 0 Å². The van der Waals surface area contributed by atoms with Crippen LogP contribution in [0.15, 0.2) is 18.2 Å². The third-order valence-corrected chi connectivity index (χ3v) is 4.21. The van der Waals surface area contributed by atoms with Crippen LogP contribution in [-0.2, 0) is 6.54 Å². The minimum Gasteiger partial charge on any atom is -0.348 e. The Hall–Kier alpha value is -1.42. The van der Waals surface area contributed by atoms with Crippen LogP contribution in [0, 0.1) is 11.2 Å². The Balaban J connectivity index is 1.72. The highest BCUT2D eigenvalue weighted by molar-refractivity contribution is 6.00. The van der Waals surface area contributed by atoms with Crippen LogP contribution < -0.4 is 0 Å². The molecule has 2 aliphatic heterocycles. The van der Waals surface area contributed by atoms with Crippen LogP contribution in [0.1, 0.15) is 30.9 Å². The summed E-state index contributed by atoms with van der Waals surface area (Å²) in [6.45, 7) is 6.25. The van der Waals surface area contributed by atoms with E-state index in [2.05, 4.69) is 16.7 Å². The molecule has 102 valence electrons. The molecule has 0 aromatic heterocycles. The lowest BCUT2D eigenvalue weighted by molar-refractivity contribution is 0.231. The average Bonchev–Trinajstić information content (AvgIpc) is 2.98. The van der Waals surface area contributed by atoms with E-state index in [4.69, 9.17) is 5.41 Å². The molecule has 0 radical (unpaired) electrons. The molecule has 3 nitrogen and oxygen atoms in total. The number of halogens is 1. The molecule has 0 saturated carbocycles. The molecule has 1 aromatic carbocycles. The zero-order valence-corrected chi connectivity index (χ0v) is 11.3. The van der Waals surface area contributed by atoms with Crippen LogP contribution in [0.2, 0.25) is 0 Å². The minimum absolute atomic E-state index is 0.252. The molecule has 0 amide bonds. The monoisotopic (exact) mass is 261 g/mol. The summed E-state index contributed by atoms with van der Waals surface area (Å²) in [6.07, 6.45) is 2.57. The Bertz CT molecular complexity index is 494. The van der Waals surface area contributed by atoms with Gasteiger partial charge in [-0.25, -0.2) is 4.39 Å². The maximum atomic E-state index is 13.3. The van der Waals surface area contributed by atoms with Gasteiger partial charge in [0.15, 0.2) is 0 Å². The van der Waals surface area contributed by atoms with Gasteiger partial charge in [-0.15, -0.1) is 0 Å². The van der Waals surface area contributed by atoms with Gasteiger partial charge in [0, 0.05) is 24.7 Å². The van der Waals surface area contributed by atoms with Gasteiger partial charge in [0.2, 0.25) is 0 Å². The van der Waals surface area contributed by atoms with Gasteiger partial charge in [0.1, 0.15) is 11.7 Å². The van der Waals surface area contributed by atoms with Gasteiger partial charge in [0.25, 0.3) is 0 Å². The van der Waals surface area contributed by atoms with E-state index in [-0.39, 0.29) is 5.82 Å². The molecular formula is C15H20FN3. The average molecular weight is 261 g/mol. The van der Waals surface area contributed by atoms with E-state index >= 15 is 0 Å². The molecule has 2 aliphatic rings. The Morgan fingerprint density at radius 1 is 1.32 bits per heavy atom. The number of hydrogen-bond donors (Lipinski definition) is 1. The first-order valence-corrected chi connectivity index (χ1v) is 7.01. The molecule has 4 heteroatoms. The van der Waals surface area contributed by atoms with Crippen LogP contribution >= 0.6 is 0 Å². The van der Waals surface area contributed by atoms with Crippen LogP contribution in [0.25, 0.3) is 0 Å². The molecule has 1 unspecified atom stereocenters. The van der Waals surface area contributed by atoms with Crippen LogP contribution in [0.4, 0.5) is 4.39 Å². The maximum Gasteiger partial charge on any atom is 0.129 e. The fraction of sp³-hybridized carbons (Fsp3) is 0.533. The van der Waals surface area contributed by atoms with Crippen molar-refractivity contribution in [2.75, 3.05) is 19.6 Å². The van der Waals surface area contributed by atoms with Gasteiger partial charge in [-0.05, 0) is 50.6 Å². The van der Waals surface area contributed by atoms with E-state index in [9.17, 15) is 4.39 Å². The lowest BCUT2D eigenvalue weighted by Gasteiger charge is -2.29. The highest BCUT2D eigenvalue weighted by Crippen LogP contribution is 2.25. The molecule has 1 fully saturated rings. The number of hydrogen-bond acceptors (Lipinski definition) is 2. The van der Waals surface area contributed by atoms with Gasteiger partial charge in [0.05, 0.1) is 0 Å². The predicted octanol–water partition coefficient (Wildman–Crippen LogP) is 2.45. The summed E-state index contributed by atoms with van der Waals surface area (Å²) in [5.74, 6) is 0.221. The number of benzene rings is 1. The standard InChI is InChI=1S/C15H20FN3/c1-11(9-18-6-2-3-7-18)19-10-12-4-5-13(16)8-14(12)15(19)17/h4-5,8,11,17H,2-3,6-7,9-10H2,1H3. The van der Waals surface area contributed by atoms with Gasteiger partial charge in [-0.3, -0.25) is 5.41 Å². The minimum atomic E-state index is -0.252. The molecule has 1 saturated heterocycles. The second-order valence-electron chi connectivity index (χ2n) is 5.63. The van der Waals surface area contributed by atoms with E-state index in [1.165, 1.54) is 38.1 Å². The van der Waals surface area contributed by atoms with E-state index in [0.29, 0.717) is 11.9 Å².